The molecule has 174 valence electrons. The first-order valence-electron chi connectivity index (χ1n) is 11.6. The van der Waals surface area contributed by atoms with Crippen molar-refractivity contribution < 1.29 is 14.3 Å². The van der Waals surface area contributed by atoms with Crippen LogP contribution in [0.25, 0.3) is 0 Å². The highest BCUT2D eigenvalue weighted by molar-refractivity contribution is 5.81. The summed E-state index contributed by atoms with van der Waals surface area (Å²) in [6, 6.07) is 7.03. The molecule has 3 unspecified atom stereocenters. The number of likely N-dealkylation sites (tertiary alicyclic amines) is 1. The first kappa shape index (κ1) is 23.8. The van der Waals surface area contributed by atoms with Crippen molar-refractivity contribution in [3.05, 3.63) is 23.8 Å². The van der Waals surface area contributed by atoms with Crippen LogP contribution < -0.4 is 14.8 Å². The minimum Gasteiger partial charge on any atom is -0.493 e. The van der Waals surface area contributed by atoms with Gasteiger partial charge >= 0.3 is 0 Å². The minimum absolute atomic E-state index is 0.0722. The standard InChI is InChI=1S/C24H40N4O3/c1-18-6-7-19(2)28(18)15-12-26-10-13-27(14-11-26)20(3)24(29)25-17-21-8-9-22(30-4)23(16-21)31-5/h8-9,16,18-20H,6-7,10-15,17H2,1-5H3,(H,25,29). The molecule has 7 nitrogen and oxygen atoms in total. The number of nitrogens with one attached hydrogen (secondary N) is 1. The van der Waals surface area contributed by atoms with Crippen LogP contribution in [0, 0.1) is 0 Å². The van der Waals surface area contributed by atoms with Crippen LogP contribution in [-0.2, 0) is 11.3 Å². The molecular formula is C24H40N4O3. The fraction of sp³-hybridized carbons (Fsp3) is 0.708. The van der Waals surface area contributed by atoms with E-state index in [-0.39, 0.29) is 11.9 Å². The van der Waals surface area contributed by atoms with Gasteiger partial charge in [-0.1, -0.05) is 6.07 Å². The Labute approximate surface area is 187 Å². The van der Waals surface area contributed by atoms with Crippen molar-refractivity contribution in [2.45, 2.75) is 58.3 Å². The number of ether oxygens (including phenoxy) is 2. The summed E-state index contributed by atoms with van der Waals surface area (Å²) in [7, 11) is 3.24. The number of carbonyl (C=O) groups is 1. The highest BCUT2D eigenvalue weighted by Crippen LogP contribution is 2.27. The van der Waals surface area contributed by atoms with E-state index in [9.17, 15) is 4.79 Å². The predicted octanol–water partition coefficient (Wildman–Crippen LogP) is 2.20. The zero-order chi connectivity index (χ0) is 22.4. The Morgan fingerprint density at radius 2 is 1.68 bits per heavy atom. The van der Waals surface area contributed by atoms with Gasteiger partial charge in [-0.15, -0.1) is 0 Å². The number of rotatable bonds is 9. The molecule has 2 saturated heterocycles. The van der Waals surface area contributed by atoms with E-state index in [0.29, 0.717) is 30.1 Å². The number of methoxy groups -OCH3 is 2. The van der Waals surface area contributed by atoms with Gasteiger partial charge in [0.15, 0.2) is 11.5 Å². The maximum atomic E-state index is 12.7. The van der Waals surface area contributed by atoms with Crippen LogP contribution in [0.15, 0.2) is 18.2 Å². The van der Waals surface area contributed by atoms with Crippen molar-refractivity contribution in [2.75, 3.05) is 53.5 Å². The summed E-state index contributed by atoms with van der Waals surface area (Å²) in [5.74, 6) is 1.44. The van der Waals surface area contributed by atoms with Crippen LogP contribution in [-0.4, -0.2) is 92.2 Å². The third-order valence-electron chi connectivity index (χ3n) is 7.06. The van der Waals surface area contributed by atoms with Crippen LogP contribution in [0.3, 0.4) is 0 Å². The molecule has 3 rings (SSSR count). The van der Waals surface area contributed by atoms with E-state index in [1.54, 1.807) is 14.2 Å². The fourth-order valence-corrected chi connectivity index (χ4v) is 4.81. The number of hydrogen-bond acceptors (Lipinski definition) is 6. The maximum absolute atomic E-state index is 12.7. The Morgan fingerprint density at radius 3 is 2.29 bits per heavy atom. The van der Waals surface area contributed by atoms with E-state index in [1.165, 1.54) is 12.8 Å². The maximum Gasteiger partial charge on any atom is 0.237 e. The Hall–Kier alpha value is -1.83. The monoisotopic (exact) mass is 432 g/mol. The second-order valence-electron chi connectivity index (χ2n) is 8.97. The summed E-state index contributed by atoms with van der Waals surface area (Å²) < 4.78 is 10.6. The van der Waals surface area contributed by atoms with Crippen molar-refractivity contribution in [1.82, 2.24) is 20.0 Å². The molecule has 0 spiro atoms. The molecule has 31 heavy (non-hydrogen) atoms. The molecule has 1 amide bonds. The van der Waals surface area contributed by atoms with Gasteiger partial charge in [0.2, 0.25) is 5.91 Å². The number of carbonyl (C=O) groups excluding carboxylic acids is 1. The van der Waals surface area contributed by atoms with Crippen molar-refractivity contribution in [3.63, 3.8) is 0 Å². The van der Waals surface area contributed by atoms with Gasteiger partial charge in [-0.2, -0.15) is 0 Å². The van der Waals surface area contributed by atoms with Crippen LogP contribution >= 0.6 is 0 Å². The SMILES string of the molecule is COc1ccc(CNC(=O)C(C)N2CCN(CCN3C(C)CCC3C)CC2)cc1OC. The van der Waals surface area contributed by atoms with E-state index in [2.05, 4.69) is 33.9 Å². The molecule has 0 aromatic heterocycles. The normalized spacial score (nSPS) is 24.2. The van der Waals surface area contributed by atoms with E-state index in [1.807, 2.05) is 25.1 Å². The summed E-state index contributed by atoms with van der Waals surface area (Å²) in [5.41, 5.74) is 0.994. The van der Waals surface area contributed by atoms with Crippen molar-refractivity contribution >= 4 is 5.91 Å². The van der Waals surface area contributed by atoms with E-state index < -0.39 is 0 Å². The number of nitrogens with zero attached hydrogens (tertiary/aromatic N) is 3. The lowest BCUT2D eigenvalue weighted by Crippen LogP contribution is -2.54. The molecule has 0 radical (unpaired) electrons. The zero-order valence-corrected chi connectivity index (χ0v) is 19.9. The second kappa shape index (κ2) is 11.2. The lowest BCUT2D eigenvalue weighted by Gasteiger charge is -2.38. The average Bonchev–Trinajstić information content (AvgIpc) is 3.12. The van der Waals surface area contributed by atoms with Gasteiger partial charge in [-0.3, -0.25) is 19.5 Å². The summed E-state index contributed by atoms with van der Waals surface area (Å²) in [6.07, 6.45) is 2.65. The topological polar surface area (TPSA) is 57.3 Å². The third-order valence-corrected chi connectivity index (χ3v) is 7.06. The quantitative estimate of drug-likeness (QED) is 0.646. The molecule has 0 bridgehead atoms. The molecule has 2 heterocycles. The summed E-state index contributed by atoms with van der Waals surface area (Å²) >= 11 is 0. The predicted molar refractivity (Wildman–Crippen MR) is 124 cm³/mol. The van der Waals surface area contributed by atoms with Gasteiger partial charge in [0.1, 0.15) is 0 Å². The number of piperazine rings is 1. The van der Waals surface area contributed by atoms with Crippen LogP contribution in [0.1, 0.15) is 39.2 Å². The van der Waals surface area contributed by atoms with E-state index in [4.69, 9.17) is 9.47 Å². The van der Waals surface area contributed by atoms with Gasteiger partial charge in [0.25, 0.3) is 0 Å². The Bertz CT molecular complexity index is 711. The third kappa shape index (κ3) is 6.11. The highest BCUT2D eigenvalue weighted by atomic mass is 16.5. The second-order valence-corrected chi connectivity index (χ2v) is 8.97. The molecule has 7 heteroatoms. The van der Waals surface area contributed by atoms with Gasteiger partial charge < -0.3 is 14.8 Å². The molecule has 2 fully saturated rings. The van der Waals surface area contributed by atoms with Crippen molar-refractivity contribution in [1.29, 1.82) is 0 Å². The Morgan fingerprint density at radius 1 is 1.03 bits per heavy atom. The lowest BCUT2D eigenvalue weighted by molar-refractivity contribution is -0.126. The Balaban J connectivity index is 1.40. The number of amides is 1. The van der Waals surface area contributed by atoms with Gasteiger partial charge in [-0.05, 0) is 51.3 Å². The summed E-state index contributed by atoms with van der Waals surface area (Å²) in [5, 5.41) is 3.07. The fourth-order valence-electron chi connectivity index (χ4n) is 4.81. The molecule has 0 aliphatic carbocycles. The molecular weight excluding hydrogens is 392 g/mol. The minimum atomic E-state index is -0.124. The molecule has 0 saturated carbocycles. The van der Waals surface area contributed by atoms with Gasteiger partial charge in [-0.25, -0.2) is 0 Å². The lowest BCUT2D eigenvalue weighted by atomic mass is 10.1. The summed E-state index contributed by atoms with van der Waals surface area (Å²) in [4.78, 5) is 20.2. The molecule has 1 aromatic carbocycles. The first-order valence-corrected chi connectivity index (χ1v) is 11.6. The smallest absolute Gasteiger partial charge is 0.237 e. The molecule has 1 N–H and O–H groups in total. The first-order chi connectivity index (χ1) is 14.9. The molecule has 2 aliphatic heterocycles. The van der Waals surface area contributed by atoms with Crippen molar-refractivity contribution in [3.8, 4) is 11.5 Å². The van der Waals surface area contributed by atoms with Gasteiger partial charge in [0.05, 0.1) is 20.3 Å². The molecule has 2 aliphatic rings. The van der Waals surface area contributed by atoms with Crippen LogP contribution in [0.5, 0.6) is 11.5 Å². The molecule has 1 aromatic rings. The molecule has 3 atom stereocenters. The van der Waals surface area contributed by atoms with E-state index in [0.717, 1.165) is 44.8 Å². The Kier molecular flexibility index (Phi) is 8.58. The van der Waals surface area contributed by atoms with Crippen molar-refractivity contribution in [2.24, 2.45) is 0 Å². The van der Waals surface area contributed by atoms with Crippen LogP contribution in [0.4, 0.5) is 0 Å². The summed E-state index contributed by atoms with van der Waals surface area (Å²) in [6.45, 7) is 13.4. The van der Waals surface area contributed by atoms with E-state index >= 15 is 0 Å². The zero-order valence-electron chi connectivity index (χ0n) is 19.9. The highest BCUT2D eigenvalue weighted by Gasteiger charge is 2.29. The van der Waals surface area contributed by atoms with Crippen LogP contribution in [0.2, 0.25) is 0 Å². The number of hydrogen-bond donors (Lipinski definition) is 1. The average molecular weight is 433 g/mol. The van der Waals surface area contributed by atoms with Gasteiger partial charge in [0, 0.05) is 57.9 Å². The number of benzene rings is 1. The largest absolute Gasteiger partial charge is 0.493 e.